The summed E-state index contributed by atoms with van der Waals surface area (Å²) < 4.78 is 4.89. The van der Waals surface area contributed by atoms with E-state index in [1.165, 1.54) is 19.3 Å². The Labute approximate surface area is 79.3 Å². The lowest BCUT2D eigenvalue weighted by Gasteiger charge is -2.00. The molecule has 0 amide bonds. The number of carboxylic acid groups (broad SMARTS) is 2. The summed E-state index contributed by atoms with van der Waals surface area (Å²) in [6.45, 7) is 1.39. The van der Waals surface area contributed by atoms with Crippen LogP contribution in [0.15, 0.2) is 28.4 Å². The molecule has 0 fully saturated rings. The van der Waals surface area contributed by atoms with Gasteiger partial charge in [-0.1, -0.05) is 0 Å². The highest BCUT2D eigenvalue weighted by Gasteiger charge is 2.21. The molecule has 0 aromatic carbocycles. The van der Waals surface area contributed by atoms with Gasteiger partial charge in [0.05, 0.1) is 6.26 Å². The van der Waals surface area contributed by atoms with Crippen LogP contribution in [0.2, 0.25) is 0 Å². The van der Waals surface area contributed by atoms with Gasteiger partial charge < -0.3 is 14.6 Å². The molecule has 0 atom stereocenters. The molecule has 0 saturated carbocycles. The molecule has 0 radical (unpaired) electrons. The SMILES string of the molecule is CC(=C(C(=O)O)C(=O)O)c1ccco1. The van der Waals surface area contributed by atoms with E-state index < -0.39 is 17.5 Å². The third kappa shape index (κ3) is 1.82. The van der Waals surface area contributed by atoms with Crippen LogP contribution in [0, 0.1) is 0 Å². The Bertz CT molecular complexity index is 369. The maximum Gasteiger partial charge on any atom is 0.343 e. The fourth-order valence-corrected chi connectivity index (χ4v) is 1.03. The summed E-state index contributed by atoms with van der Waals surface area (Å²) in [7, 11) is 0. The third-order valence-corrected chi connectivity index (χ3v) is 1.69. The zero-order chi connectivity index (χ0) is 10.7. The zero-order valence-corrected chi connectivity index (χ0v) is 7.35. The van der Waals surface area contributed by atoms with Crippen LogP contribution < -0.4 is 0 Å². The lowest BCUT2D eigenvalue weighted by Crippen LogP contribution is -2.12. The molecule has 5 heteroatoms. The molecule has 74 valence electrons. The van der Waals surface area contributed by atoms with Gasteiger partial charge in [-0.2, -0.15) is 0 Å². The Hall–Kier alpha value is -2.04. The first kappa shape index (κ1) is 10.0. The lowest BCUT2D eigenvalue weighted by atomic mass is 10.1. The first-order chi connectivity index (χ1) is 6.54. The number of carbonyl (C=O) groups is 2. The molecule has 0 aliphatic carbocycles. The Morgan fingerprint density at radius 1 is 1.29 bits per heavy atom. The van der Waals surface area contributed by atoms with Crippen molar-refractivity contribution in [2.45, 2.75) is 6.92 Å². The number of hydrogen-bond acceptors (Lipinski definition) is 3. The quantitative estimate of drug-likeness (QED) is 0.431. The Kier molecular flexibility index (Phi) is 2.71. The maximum atomic E-state index is 10.6. The van der Waals surface area contributed by atoms with Gasteiger partial charge in [-0.05, 0) is 19.1 Å². The molecule has 0 unspecified atom stereocenters. The maximum absolute atomic E-state index is 10.6. The van der Waals surface area contributed by atoms with Crippen molar-refractivity contribution in [3.05, 3.63) is 29.7 Å². The number of rotatable bonds is 3. The van der Waals surface area contributed by atoms with Crippen LogP contribution in [0.25, 0.3) is 5.57 Å². The molecule has 0 aliphatic rings. The van der Waals surface area contributed by atoms with Gasteiger partial charge in [0.2, 0.25) is 0 Å². The van der Waals surface area contributed by atoms with Crippen molar-refractivity contribution in [1.82, 2.24) is 0 Å². The molecule has 1 heterocycles. The third-order valence-electron chi connectivity index (χ3n) is 1.69. The number of aliphatic carboxylic acids is 2. The van der Waals surface area contributed by atoms with Gasteiger partial charge in [-0.15, -0.1) is 0 Å². The second-order valence-electron chi connectivity index (χ2n) is 2.59. The molecule has 0 aliphatic heterocycles. The highest BCUT2D eigenvalue weighted by Crippen LogP contribution is 2.18. The standard InChI is InChI=1S/C9H8O5/c1-5(6-3-2-4-14-6)7(8(10)11)9(12)13/h2-4H,1H3,(H,10,11)(H,12,13). The molecule has 0 bridgehead atoms. The molecule has 1 rings (SSSR count). The molecular formula is C9H8O5. The van der Waals surface area contributed by atoms with Gasteiger partial charge >= 0.3 is 11.9 Å². The molecule has 0 spiro atoms. The van der Waals surface area contributed by atoms with E-state index in [4.69, 9.17) is 14.6 Å². The van der Waals surface area contributed by atoms with E-state index in [0.717, 1.165) is 0 Å². The van der Waals surface area contributed by atoms with Gasteiger partial charge in [0, 0.05) is 5.57 Å². The predicted octanol–water partition coefficient (Wildman–Crippen LogP) is 1.22. The second-order valence-corrected chi connectivity index (χ2v) is 2.59. The van der Waals surface area contributed by atoms with Crippen LogP contribution in [-0.2, 0) is 9.59 Å². The summed E-state index contributed by atoms with van der Waals surface area (Å²) in [5, 5.41) is 17.3. The zero-order valence-electron chi connectivity index (χ0n) is 7.35. The average molecular weight is 196 g/mol. The fraction of sp³-hybridized carbons (Fsp3) is 0.111. The lowest BCUT2D eigenvalue weighted by molar-refractivity contribution is -0.140. The van der Waals surface area contributed by atoms with E-state index in [2.05, 4.69) is 0 Å². The summed E-state index contributed by atoms with van der Waals surface area (Å²) in [5.74, 6) is -2.72. The first-order valence-corrected chi connectivity index (χ1v) is 3.75. The minimum absolute atomic E-state index is 0.0926. The van der Waals surface area contributed by atoms with Crippen molar-refractivity contribution in [2.24, 2.45) is 0 Å². The Balaban J connectivity index is 3.25. The van der Waals surface area contributed by atoms with Crippen LogP contribution in [0.4, 0.5) is 0 Å². The number of hydrogen-bond donors (Lipinski definition) is 2. The van der Waals surface area contributed by atoms with E-state index in [1.54, 1.807) is 6.07 Å². The summed E-state index contributed by atoms with van der Waals surface area (Å²) in [5.41, 5.74) is -0.588. The summed E-state index contributed by atoms with van der Waals surface area (Å²) in [4.78, 5) is 21.2. The minimum Gasteiger partial charge on any atom is -0.477 e. The van der Waals surface area contributed by atoms with Crippen molar-refractivity contribution < 1.29 is 24.2 Å². The molecule has 0 saturated heterocycles. The van der Waals surface area contributed by atoms with Crippen molar-refractivity contribution in [1.29, 1.82) is 0 Å². The number of furan rings is 1. The van der Waals surface area contributed by atoms with Gasteiger partial charge in [0.25, 0.3) is 0 Å². The highest BCUT2D eigenvalue weighted by molar-refractivity contribution is 6.18. The Morgan fingerprint density at radius 3 is 2.21 bits per heavy atom. The van der Waals surface area contributed by atoms with Crippen molar-refractivity contribution in [3.8, 4) is 0 Å². The van der Waals surface area contributed by atoms with E-state index in [9.17, 15) is 9.59 Å². The van der Waals surface area contributed by atoms with E-state index in [0.29, 0.717) is 0 Å². The summed E-state index contributed by atoms with van der Waals surface area (Å²) >= 11 is 0. The minimum atomic E-state index is -1.48. The van der Waals surface area contributed by atoms with Crippen LogP contribution >= 0.6 is 0 Å². The van der Waals surface area contributed by atoms with Gasteiger partial charge in [0.1, 0.15) is 5.76 Å². The predicted molar refractivity (Wildman–Crippen MR) is 46.6 cm³/mol. The summed E-state index contributed by atoms with van der Waals surface area (Å²) in [6.07, 6.45) is 1.35. The smallest absolute Gasteiger partial charge is 0.343 e. The molecular weight excluding hydrogens is 188 g/mol. The largest absolute Gasteiger partial charge is 0.477 e. The normalized spacial score (nSPS) is 9.50. The van der Waals surface area contributed by atoms with Crippen molar-refractivity contribution >= 4 is 17.5 Å². The van der Waals surface area contributed by atoms with Crippen LogP contribution in [-0.4, -0.2) is 22.2 Å². The van der Waals surface area contributed by atoms with E-state index in [-0.39, 0.29) is 11.3 Å². The topological polar surface area (TPSA) is 87.7 Å². The highest BCUT2D eigenvalue weighted by atomic mass is 16.4. The van der Waals surface area contributed by atoms with Crippen LogP contribution in [0.3, 0.4) is 0 Å². The second kappa shape index (κ2) is 3.78. The van der Waals surface area contributed by atoms with Gasteiger partial charge in [0.15, 0.2) is 5.57 Å². The number of allylic oxidation sites excluding steroid dienone is 1. The van der Waals surface area contributed by atoms with Gasteiger partial charge in [-0.25, -0.2) is 9.59 Å². The first-order valence-electron chi connectivity index (χ1n) is 3.75. The monoisotopic (exact) mass is 196 g/mol. The molecule has 5 nitrogen and oxygen atoms in total. The average Bonchev–Trinajstić information content (AvgIpc) is 2.53. The van der Waals surface area contributed by atoms with Crippen molar-refractivity contribution in [2.75, 3.05) is 0 Å². The Morgan fingerprint density at radius 2 is 1.86 bits per heavy atom. The number of carboxylic acids is 2. The van der Waals surface area contributed by atoms with E-state index >= 15 is 0 Å². The molecule has 2 N–H and O–H groups in total. The van der Waals surface area contributed by atoms with Crippen molar-refractivity contribution in [3.63, 3.8) is 0 Å². The fourth-order valence-electron chi connectivity index (χ4n) is 1.03. The van der Waals surface area contributed by atoms with Crippen LogP contribution in [0.5, 0.6) is 0 Å². The van der Waals surface area contributed by atoms with E-state index in [1.807, 2.05) is 0 Å². The van der Waals surface area contributed by atoms with Crippen LogP contribution in [0.1, 0.15) is 12.7 Å². The molecule has 14 heavy (non-hydrogen) atoms. The molecule has 1 aromatic rings. The molecule has 1 aromatic heterocycles. The van der Waals surface area contributed by atoms with Gasteiger partial charge in [-0.3, -0.25) is 0 Å². The summed E-state index contributed by atoms with van der Waals surface area (Å²) in [6, 6.07) is 3.06.